The average molecular weight is 189 g/mol. The van der Waals surface area contributed by atoms with Gasteiger partial charge in [-0.1, -0.05) is 12.1 Å². The quantitative estimate of drug-likeness (QED) is 0.447. The lowest BCUT2D eigenvalue weighted by Crippen LogP contribution is -1.85. The molecule has 0 fully saturated rings. The molecule has 0 unspecified atom stereocenters. The van der Waals surface area contributed by atoms with Gasteiger partial charge < -0.3 is 5.11 Å². The fourth-order valence-electron chi connectivity index (χ4n) is 0.880. The molecule has 4 heteroatoms. The van der Waals surface area contributed by atoms with Crippen LogP contribution in [-0.2, 0) is 9.59 Å². The number of aliphatic imine (C=N–C) groups is 1. The molecule has 0 aromatic heterocycles. The molecule has 1 N–H and O–H groups in total. The molecule has 14 heavy (non-hydrogen) atoms. The van der Waals surface area contributed by atoms with Gasteiger partial charge in [-0.3, -0.25) is 0 Å². The lowest BCUT2D eigenvalue weighted by atomic mass is 10.2. The van der Waals surface area contributed by atoms with Crippen LogP contribution in [0.25, 0.3) is 6.08 Å². The third-order valence-corrected chi connectivity index (χ3v) is 1.49. The maximum Gasteiger partial charge on any atom is 0.328 e. The second-order valence-electron chi connectivity index (χ2n) is 2.47. The maximum absolute atomic E-state index is 10.2. The van der Waals surface area contributed by atoms with Gasteiger partial charge in [-0.2, -0.15) is 4.99 Å². The molecular weight excluding hydrogens is 182 g/mol. The normalized spacial score (nSPS) is 9.71. The molecule has 0 saturated heterocycles. The Morgan fingerprint density at radius 2 is 2.00 bits per heavy atom. The number of isocyanates is 1. The molecule has 1 aromatic rings. The molecule has 0 spiro atoms. The van der Waals surface area contributed by atoms with E-state index in [0.717, 1.165) is 11.6 Å². The number of benzene rings is 1. The largest absolute Gasteiger partial charge is 0.478 e. The highest BCUT2D eigenvalue weighted by molar-refractivity contribution is 5.85. The number of carboxylic acid groups (broad SMARTS) is 1. The van der Waals surface area contributed by atoms with E-state index in [2.05, 4.69) is 4.99 Å². The summed E-state index contributed by atoms with van der Waals surface area (Å²) in [6, 6.07) is 6.53. The first kappa shape index (κ1) is 9.89. The van der Waals surface area contributed by atoms with E-state index in [9.17, 15) is 9.59 Å². The Bertz CT molecular complexity index is 400. The van der Waals surface area contributed by atoms with Crippen molar-refractivity contribution in [2.75, 3.05) is 0 Å². The van der Waals surface area contributed by atoms with Crippen molar-refractivity contribution in [2.24, 2.45) is 4.99 Å². The Morgan fingerprint density at radius 3 is 2.50 bits per heavy atom. The molecule has 0 atom stereocenters. The number of carbonyl (C=O) groups excluding carboxylic acids is 1. The van der Waals surface area contributed by atoms with Crippen molar-refractivity contribution in [3.8, 4) is 0 Å². The number of rotatable bonds is 3. The SMILES string of the molecule is O=C=Nc1ccc(C=CC(=O)O)cc1. The molecular formula is C10H7NO3. The van der Waals surface area contributed by atoms with Crippen molar-refractivity contribution in [3.63, 3.8) is 0 Å². The third-order valence-electron chi connectivity index (χ3n) is 1.49. The Labute approximate surface area is 80.2 Å². The molecule has 0 heterocycles. The molecule has 0 amide bonds. The smallest absolute Gasteiger partial charge is 0.328 e. The van der Waals surface area contributed by atoms with Crippen molar-refractivity contribution < 1.29 is 14.7 Å². The zero-order valence-electron chi connectivity index (χ0n) is 7.18. The Morgan fingerprint density at radius 1 is 1.36 bits per heavy atom. The topological polar surface area (TPSA) is 66.7 Å². The Hall–Kier alpha value is -2.19. The van der Waals surface area contributed by atoms with Crippen LogP contribution in [0.5, 0.6) is 0 Å². The highest BCUT2D eigenvalue weighted by Gasteiger charge is 1.90. The van der Waals surface area contributed by atoms with Crippen molar-refractivity contribution in [3.05, 3.63) is 35.9 Å². The summed E-state index contributed by atoms with van der Waals surface area (Å²) >= 11 is 0. The number of hydrogen-bond acceptors (Lipinski definition) is 3. The summed E-state index contributed by atoms with van der Waals surface area (Å²) in [5.74, 6) is -1.00. The highest BCUT2D eigenvalue weighted by atomic mass is 16.4. The van der Waals surface area contributed by atoms with Gasteiger partial charge in [-0.25, -0.2) is 9.59 Å². The number of carbonyl (C=O) groups is 1. The van der Waals surface area contributed by atoms with E-state index >= 15 is 0 Å². The first-order chi connectivity index (χ1) is 6.72. The number of carboxylic acids is 1. The second kappa shape index (κ2) is 4.74. The minimum Gasteiger partial charge on any atom is -0.478 e. The van der Waals surface area contributed by atoms with Gasteiger partial charge >= 0.3 is 5.97 Å². The van der Waals surface area contributed by atoms with Crippen LogP contribution in [0, 0.1) is 0 Å². The number of aliphatic carboxylic acids is 1. The van der Waals surface area contributed by atoms with Crippen LogP contribution in [0.1, 0.15) is 5.56 Å². The Kier molecular flexibility index (Phi) is 3.35. The molecule has 0 aliphatic rings. The summed E-state index contributed by atoms with van der Waals surface area (Å²) in [6.45, 7) is 0. The van der Waals surface area contributed by atoms with Crippen LogP contribution in [0.2, 0.25) is 0 Å². The van der Waals surface area contributed by atoms with E-state index in [1.54, 1.807) is 24.3 Å². The second-order valence-corrected chi connectivity index (χ2v) is 2.47. The molecule has 0 saturated carbocycles. The van der Waals surface area contributed by atoms with Crippen molar-refractivity contribution >= 4 is 23.8 Å². The summed E-state index contributed by atoms with van der Waals surface area (Å²) in [5.41, 5.74) is 1.23. The van der Waals surface area contributed by atoms with Crippen LogP contribution in [0.15, 0.2) is 35.3 Å². The van der Waals surface area contributed by atoms with Crippen LogP contribution >= 0.6 is 0 Å². The van der Waals surface area contributed by atoms with Crippen molar-refractivity contribution in [1.82, 2.24) is 0 Å². The molecule has 70 valence electrons. The van der Waals surface area contributed by atoms with E-state index in [1.807, 2.05) is 0 Å². The fraction of sp³-hybridized carbons (Fsp3) is 0. The van der Waals surface area contributed by atoms with Crippen LogP contribution in [-0.4, -0.2) is 17.2 Å². The van der Waals surface area contributed by atoms with Gasteiger partial charge in [-0.05, 0) is 23.8 Å². The van der Waals surface area contributed by atoms with Crippen LogP contribution in [0.3, 0.4) is 0 Å². The number of nitrogens with zero attached hydrogens (tertiary/aromatic N) is 1. The van der Waals surface area contributed by atoms with Gasteiger partial charge in [0.15, 0.2) is 0 Å². The van der Waals surface area contributed by atoms with Crippen molar-refractivity contribution in [2.45, 2.75) is 0 Å². The molecule has 0 aliphatic heterocycles. The summed E-state index contributed by atoms with van der Waals surface area (Å²) in [7, 11) is 0. The molecule has 1 rings (SSSR count). The summed E-state index contributed by atoms with van der Waals surface area (Å²) in [5, 5.41) is 8.36. The van der Waals surface area contributed by atoms with Gasteiger partial charge in [0, 0.05) is 6.08 Å². The monoisotopic (exact) mass is 189 g/mol. The molecule has 1 aromatic carbocycles. The Balaban J connectivity index is 2.83. The summed E-state index contributed by atoms with van der Waals surface area (Å²) in [4.78, 5) is 23.5. The standard InChI is InChI=1S/C10H7NO3/c12-7-11-9-4-1-8(2-5-9)3-6-10(13)14/h1-6H,(H,13,14). The predicted molar refractivity (Wildman–Crippen MR) is 50.9 cm³/mol. The summed E-state index contributed by atoms with van der Waals surface area (Å²) < 4.78 is 0. The molecule has 0 radical (unpaired) electrons. The van der Waals surface area contributed by atoms with Gasteiger partial charge in [0.1, 0.15) is 0 Å². The lowest BCUT2D eigenvalue weighted by molar-refractivity contribution is -0.131. The predicted octanol–water partition coefficient (Wildman–Crippen LogP) is 1.75. The van der Waals surface area contributed by atoms with Crippen molar-refractivity contribution in [1.29, 1.82) is 0 Å². The minimum atomic E-state index is -1.00. The van der Waals surface area contributed by atoms with Gasteiger partial charge in [0.2, 0.25) is 6.08 Å². The zero-order chi connectivity index (χ0) is 10.4. The first-order valence-corrected chi connectivity index (χ1v) is 3.81. The first-order valence-electron chi connectivity index (χ1n) is 3.81. The van der Waals surface area contributed by atoms with Gasteiger partial charge in [-0.15, -0.1) is 0 Å². The van der Waals surface area contributed by atoms with E-state index in [1.165, 1.54) is 12.2 Å². The van der Waals surface area contributed by atoms with Gasteiger partial charge in [0.05, 0.1) is 5.69 Å². The van der Waals surface area contributed by atoms with E-state index in [4.69, 9.17) is 5.11 Å². The maximum atomic E-state index is 10.2. The van der Waals surface area contributed by atoms with E-state index in [-0.39, 0.29) is 0 Å². The molecule has 0 aliphatic carbocycles. The lowest BCUT2D eigenvalue weighted by Gasteiger charge is -1.92. The summed E-state index contributed by atoms with van der Waals surface area (Å²) in [6.07, 6.45) is 3.91. The van der Waals surface area contributed by atoms with E-state index in [0.29, 0.717) is 5.69 Å². The average Bonchev–Trinajstić information content (AvgIpc) is 2.17. The molecule has 0 bridgehead atoms. The molecule has 4 nitrogen and oxygen atoms in total. The van der Waals surface area contributed by atoms with Crippen LogP contribution < -0.4 is 0 Å². The minimum absolute atomic E-state index is 0.493. The highest BCUT2D eigenvalue weighted by Crippen LogP contribution is 2.12. The van der Waals surface area contributed by atoms with Crippen LogP contribution in [0.4, 0.5) is 5.69 Å². The zero-order valence-corrected chi connectivity index (χ0v) is 7.18. The van der Waals surface area contributed by atoms with Gasteiger partial charge in [0.25, 0.3) is 0 Å². The third kappa shape index (κ3) is 3.05. The number of hydrogen-bond donors (Lipinski definition) is 1. The fourth-order valence-corrected chi connectivity index (χ4v) is 0.880. The van der Waals surface area contributed by atoms with E-state index < -0.39 is 5.97 Å².